The second-order valence-electron chi connectivity index (χ2n) is 9.80. The number of carbonyl (C=O) groups excluding carboxylic acids is 1. The fourth-order valence-electron chi connectivity index (χ4n) is 5.83. The molecule has 0 bridgehead atoms. The van der Waals surface area contributed by atoms with Gasteiger partial charge in [-0.05, 0) is 67.4 Å². The molecule has 0 radical (unpaired) electrons. The maximum atomic E-state index is 13.2. The van der Waals surface area contributed by atoms with Gasteiger partial charge in [-0.2, -0.15) is 5.26 Å². The van der Waals surface area contributed by atoms with Crippen LogP contribution in [0.2, 0.25) is 0 Å². The number of ether oxygens (including phenoxy) is 1. The third-order valence-electron chi connectivity index (χ3n) is 7.87. The van der Waals surface area contributed by atoms with Gasteiger partial charge >= 0.3 is 0 Å². The first-order chi connectivity index (χ1) is 17.6. The van der Waals surface area contributed by atoms with Crippen molar-refractivity contribution in [2.45, 2.75) is 64.5 Å². The molecule has 2 aromatic heterocycles. The zero-order valence-corrected chi connectivity index (χ0v) is 21.5. The molecule has 36 heavy (non-hydrogen) atoms. The third-order valence-corrected chi connectivity index (χ3v) is 7.87. The standard InChI is InChI=1S/C30H34N4O2/c1-4-20-18-22(5-2)32-30-29(20)25(19-31)27(12-13-28(35)33(3)23-14-16-36-17-15-23)34(30)26-11-10-21-8-6-7-9-24(21)26/h6-9,12-13,18,23,26H,4-5,10-11,14-17H2,1-3H3/b13-12+. The van der Waals surface area contributed by atoms with Crippen LogP contribution in [0, 0.1) is 11.3 Å². The summed E-state index contributed by atoms with van der Waals surface area (Å²) in [4.78, 5) is 20.0. The Labute approximate surface area is 213 Å². The Kier molecular flexibility index (Phi) is 6.93. The van der Waals surface area contributed by atoms with Crippen LogP contribution in [-0.4, -0.2) is 46.7 Å². The molecule has 6 heteroatoms. The number of aromatic nitrogens is 2. The van der Waals surface area contributed by atoms with Crippen molar-refractivity contribution in [1.82, 2.24) is 14.5 Å². The van der Waals surface area contributed by atoms with Gasteiger partial charge in [0.2, 0.25) is 5.91 Å². The Bertz CT molecular complexity index is 1360. The number of pyridine rings is 1. The summed E-state index contributed by atoms with van der Waals surface area (Å²) >= 11 is 0. The van der Waals surface area contributed by atoms with E-state index >= 15 is 0 Å². The van der Waals surface area contributed by atoms with E-state index in [1.165, 1.54) is 11.1 Å². The van der Waals surface area contributed by atoms with Crippen LogP contribution in [0.25, 0.3) is 17.1 Å². The zero-order valence-electron chi connectivity index (χ0n) is 21.5. The number of aryl methyl sites for hydroxylation is 3. The van der Waals surface area contributed by atoms with Gasteiger partial charge in [-0.1, -0.05) is 38.1 Å². The molecule has 1 aliphatic carbocycles. The molecule has 2 aliphatic rings. The van der Waals surface area contributed by atoms with Crippen molar-refractivity contribution in [2.24, 2.45) is 0 Å². The van der Waals surface area contributed by atoms with Crippen molar-refractivity contribution in [3.05, 3.63) is 70.0 Å². The van der Waals surface area contributed by atoms with Gasteiger partial charge < -0.3 is 14.2 Å². The first-order valence-electron chi connectivity index (χ1n) is 13.1. The zero-order chi connectivity index (χ0) is 25.2. The minimum absolute atomic E-state index is 0.0488. The van der Waals surface area contributed by atoms with E-state index in [1.54, 1.807) is 6.08 Å². The molecule has 1 saturated heterocycles. The number of hydrogen-bond donors (Lipinski definition) is 0. The van der Waals surface area contributed by atoms with E-state index in [9.17, 15) is 10.1 Å². The highest BCUT2D eigenvalue weighted by molar-refractivity contribution is 5.96. The predicted octanol–water partition coefficient (Wildman–Crippen LogP) is 5.22. The molecule has 1 atom stereocenters. The second kappa shape index (κ2) is 10.3. The largest absolute Gasteiger partial charge is 0.381 e. The lowest BCUT2D eigenvalue weighted by molar-refractivity contribution is -0.128. The molecule has 0 N–H and O–H groups in total. The van der Waals surface area contributed by atoms with Crippen molar-refractivity contribution in [3.8, 4) is 6.07 Å². The number of nitrogens with zero attached hydrogens (tertiary/aromatic N) is 4. The van der Waals surface area contributed by atoms with Gasteiger partial charge in [-0.25, -0.2) is 4.98 Å². The summed E-state index contributed by atoms with van der Waals surface area (Å²) in [6.07, 6.45) is 8.77. The monoisotopic (exact) mass is 482 g/mol. The van der Waals surface area contributed by atoms with Gasteiger partial charge in [-0.3, -0.25) is 4.79 Å². The van der Waals surface area contributed by atoms with E-state index in [1.807, 2.05) is 18.0 Å². The van der Waals surface area contributed by atoms with Crippen LogP contribution in [0.3, 0.4) is 0 Å². The molecular formula is C30H34N4O2. The first kappa shape index (κ1) is 24.3. The molecule has 1 aliphatic heterocycles. The van der Waals surface area contributed by atoms with Crippen LogP contribution >= 0.6 is 0 Å². The van der Waals surface area contributed by atoms with Gasteiger partial charge in [0.25, 0.3) is 0 Å². The summed E-state index contributed by atoms with van der Waals surface area (Å²) in [5, 5.41) is 11.3. The molecule has 1 aromatic carbocycles. The normalized spacial score (nSPS) is 18.0. The maximum Gasteiger partial charge on any atom is 0.246 e. The lowest BCUT2D eigenvalue weighted by Gasteiger charge is -2.30. The fourth-order valence-corrected chi connectivity index (χ4v) is 5.83. The van der Waals surface area contributed by atoms with Gasteiger partial charge in [0, 0.05) is 43.5 Å². The average molecular weight is 483 g/mol. The van der Waals surface area contributed by atoms with Crippen molar-refractivity contribution in [3.63, 3.8) is 0 Å². The third kappa shape index (κ3) is 4.22. The molecule has 6 nitrogen and oxygen atoms in total. The molecule has 0 spiro atoms. The minimum Gasteiger partial charge on any atom is -0.381 e. The van der Waals surface area contributed by atoms with E-state index in [0.717, 1.165) is 66.5 Å². The van der Waals surface area contributed by atoms with E-state index < -0.39 is 0 Å². The van der Waals surface area contributed by atoms with Gasteiger partial charge in [0.15, 0.2) is 0 Å². The van der Waals surface area contributed by atoms with Crippen molar-refractivity contribution >= 4 is 23.0 Å². The van der Waals surface area contributed by atoms with E-state index in [0.29, 0.717) is 18.8 Å². The maximum absolute atomic E-state index is 13.2. The van der Waals surface area contributed by atoms with Gasteiger partial charge in [0.1, 0.15) is 11.7 Å². The number of rotatable bonds is 6. The predicted molar refractivity (Wildman–Crippen MR) is 142 cm³/mol. The quantitative estimate of drug-likeness (QED) is 0.452. The summed E-state index contributed by atoms with van der Waals surface area (Å²) < 4.78 is 7.70. The number of hydrogen-bond acceptors (Lipinski definition) is 4. The molecule has 3 aromatic rings. The first-order valence-corrected chi connectivity index (χ1v) is 13.1. The molecular weight excluding hydrogens is 448 g/mol. The molecule has 0 saturated carbocycles. The fraction of sp³-hybridized carbons (Fsp3) is 0.433. The second-order valence-corrected chi connectivity index (χ2v) is 9.80. The lowest BCUT2D eigenvalue weighted by atomic mass is 10.0. The van der Waals surface area contributed by atoms with Crippen LogP contribution < -0.4 is 0 Å². The molecule has 186 valence electrons. The topological polar surface area (TPSA) is 71.2 Å². The van der Waals surface area contributed by atoms with Crippen LogP contribution in [-0.2, 0) is 28.8 Å². The summed E-state index contributed by atoms with van der Waals surface area (Å²) in [6, 6.07) is 13.4. The Hall–Kier alpha value is -3.43. The SMILES string of the molecule is CCc1cc(CC)c2c(C#N)c(/C=C/C(=O)N(C)C3CCOCC3)n(C3CCc4ccccc43)c2n1. The highest BCUT2D eigenvalue weighted by Gasteiger charge is 2.30. The summed E-state index contributed by atoms with van der Waals surface area (Å²) in [6.45, 7) is 5.61. The summed E-state index contributed by atoms with van der Waals surface area (Å²) in [7, 11) is 1.86. The molecule has 1 amide bonds. The number of fused-ring (bicyclic) bond motifs is 2. The molecule has 1 fully saturated rings. The number of carbonyl (C=O) groups is 1. The Morgan fingerprint density at radius 1 is 1.22 bits per heavy atom. The molecule has 5 rings (SSSR count). The van der Waals surface area contributed by atoms with Gasteiger partial charge in [0.05, 0.1) is 17.3 Å². The van der Waals surface area contributed by atoms with E-state index in [4.69, 9.17) is 9.72 Å². The van der Waals surface area contributed by atoms with Crippen molar-refractivity contribution < 1.29 is 9.53 Å². The van der Waals surface area contributed by atoms with Crippen molar-refractivity contribution in [2.75, 3.05) is 20.3 Å². The molecule has 1 unspecified atom stereocenters. The van der Waals surface area contributed by atoms with Crippen LogP contribution in [0.15, 0.2) is 36.4 Å². The van der Waals surface area contributed by atoms with Crippen LogP contribution in [0.5, 0.6) is 0 Å². The average Bonchev–Trinajstić information content (AvgIpc) is 3.49. The number of amides is 1. The van der Waals surface area contributed by atoms with Gasteiger partial charge in [-0.15, -0.1) is 0 Å². The lowest BCUT2D eigenvalue weighted by Crippen LogP contribution is -2.39. The number of nitriles is 1. The summed E-state index contributed by atoms with van der Waals surface area (Å²) in [5.41, 5.74) is 7.03. The highest BCUT2D eigenvalue weighted by Crippen LogP contribution is 2.40. The minimum atomic E-state index is -0.0488. The number of likely N-dealkylation sites (N-methyl/N-ethyl adjacent to an activating group) is 1. The Morgan fingerprint density at radius 3 is 2.72 bits per heavy atom. The highest BCUT2D eigenvalue weighted by atomic mass is 16.5. The Morgan fingerprint density at radius 2 is 2.00 bits per heavy atom. The molecule has 3 heterocycles. The number of benzene rings is 1. The van der Waals surface area contributed by atoms with Crippen molar-refractivity contribution in [1.29, 1.82) is 5.26 Å². The van der Waals surface area contributed by atoms with E-state index in [-0.39, 0.29) is 18.0 Å². The summed E-state index contributed by atoms with van der Waals surface area (Å²) in [5.74, 6) is -0.0488. The smallest absolute Gasteiger partial charge is 0.246 e. The van der Waals surface area contributed by atoms with E-state index in [2.05, 4.69) is 54.8 Å². The Balaban J connectivity index is 1.66. The van der Waals surface area contributed by atoms with Crippen LogP contribution in [0.1, 0.15) is 72.8 Å². The van der Waals surface area contributed by atoms with Crippen LogP contribution in [0.4, 0.5) is 0 Å².